The number of nitrogens with zero attached hydrogens (tertiary/aromatic N) is 3. The lowest BCUT2D eigenvalue weighted by atomic mass is 10.1. The van der Waals surface area contributed by atoms with Crippen LogP contribution in [0.15, 0.2) is 24.5 Å². The number of hydrogen-bond acceptors (Lipinski definition) is 4. The topological polar surface area (TPSA) is 72.3 Å². The van der Waals surface area contributed by atoms with Gasteiger partial charge in [0.2, 0.25) is 0 Å². The fourth-order valence-electron chi connectivity index (χ4n) is 3.33. The van der Waals surface area contributed by atoms with E-state index in [2.05, 4.69) is 23.4 Å². The third kappa shape index (κ3) is 3.05. The molecule has 1 aliphatic heterocycles. The zero-order valence-corrected chi connectivity index (χ0v) is 15.1. The van der Waals surface area contributed by atoms with E-state index in [1.165, 1.54) is 0 Å². The molecule has 2 aromatic rings. The van der Waals surface area contributed by atoms with E-state index in [9.17, 15) is 13.2 Å². The molecular formula is C17H23N3O3S. The molecule has 1 aromatic carbocycles. The van der Waals surface area contributed by atoms with Crippen LogP contribution < -0.4 is 0 Å². The first-order valence-corrected chi connectivity index (χ1v) is 10.1. The minimum atomic E-state index is -3.02. The van der Waals surface area contributed by atoms with Crippen LogP contribution in [-0.2, 0) is 9.84 Å². The summed E-state index contributed by atoms with van der Waals surface area (Å²) in [4.78, 5) is 18.9. The van der Waals surface area contributed by atoms with Crippen molar-refractivity contribution in [1.82, 2.24) is 14.5 Å². The lowest BCUT2D eigenvalue weighted by molar-refractivity contribution is 0.0708. The van der Waals surface area contributed by atoms with Crippen LogP contribution in [0.4, 0.5) is 0 Å². The van der Waals surface area contributed by atoms with E-state index in [0.717, 1.165) is 11.0 Å². The molecule has 3 rings (SSSR count). The van der Waals surface area contributed by atoms with Crippen LogP contribution in [0.3, 0.4) is 0 Å². The molecule has 1 fully saturated rings. The van der Waals surface area contributed by atoms with Crippen molar-refractivity contribution < 1.29 is 13.2 Å². The Balaban J connectivity index is 1.89. The second-order valence-electron chi connectivity index (χ2n) is 6.60. The van der Waals surface area contributed by atoms with Gasteiger partial charge in [0.1, 0.15) is 0 Å². The highest BCUT2D eigenvalue weighted by Crippen LogP contribution is 2.23. The predicted molar refractivity (Wildman–Crippen MR) is 93.9 cm³/mol. The Hall–Kier alpha value is -1.89. The molecule has 24 heavy (non-hydrogen) atoms. The number of imidazole rings is 1. The molecule has 2 heterocycles. The van der Waals surface area contributed by atoms with Crippen LogP contribution in [0.2, 0.25) is 0 Å². The van der Waals surface area contributed by atoms with Gasteiger partial charge in [0.15, 0.2) is 9.84 Å². The van der Waals surface area contributed by atoms with Gasteiger partial charge in [-0.15, -0.1) is 0 Å². The lowest BCUT2D eigenvalue weighted by Crippen LogP contribution is -2.40. The van der Waals surface area contributed by atoms with Crippen molar-refractivity contribution in [2.45, 2.75) is 39.3 Å². The van der Waals surface area contributed by atoms with E-state index in [-0.39, 0.29) is 23.5 Å². The quantitative estimate of drug-likeness (QED) is 0.849. The fraction of sp³-hybridized carbons (Fsp3) is 0.529. The minimum Gasteiger partial charge on any atom is -0.335 e. The van der Waals surface area contributed by atoms with Crippen molar-refractivity contribution in [3.05, 3.63) is 30.1 Å². The van der Waals surface area contributed by atoms with E-state index < -0.39 is 9.84 Å². The summed E-state index contributed by atoms with van der Waals surface area (Å²) in [7, 11) is -3.02. The molecule has 1 atom stereocenters. The number of rotatable bonds is 4. The molecule has 0 saturated carbocycles. The van der Waals surface area contributed by atoms with Gasteiger partial charge in [0.05, 0.1) is 28.9 Å². The summed E-state index contributed by atoms with van der Waals surface area (Å²) in [6, 6.07) is 5.58. The highest BCUT2D eigenvalue weighted by molar-refractivity contribution is 7.91. The first-order valence-electron chi connectivity index (χ1n) is 8.30. The highest BCUT2D eigenvalue weighted by atomic mass is 32.2. The van der Waals surface area contributed by atoms with Crippen LogP contribution in [0.5, 0.6) is 0 Å². The molecule has 6 nitrogen and oxygen atoms in total. The maximum absolute atomic E-state index is 12.9. The zero-order valence-electron chi connectivity index (χ0n) is 14.3. The molecule has 130 valence electrons. The van der Waals surface area contributed by atoms with E-state index in [0.29, 0.717) is 24.6 Å². The summed E-state index contributed by atoms with van der Waals surface area (Å²) < 4.78 is 25.5. The van der Waals surface area contributed by atoms with E-state index in [1.807, 2.05) is 13.0 Å². The second-order valence-corrected chi connectivity index (χ2v) is 8.83. The van der Waals surface area contributed by atoms with Crippen LogP contribution in [0.1, 0.15) is 43.6 Å². The Labute approximate surface area is 142 Å². The predicted octanol–water partition coefficient (Wildman–Crippen LogP) is 2.27. The molecule has 0 spiro atoms. The summed E-state index contributed by atoms with van der Waals surface area (Å²) >= 11 is 0. The number of aromatic nitrogens is 2. The Kier molecular flexibility index (Phi) is 4.38. The highest BCUT2D eigenvalue weighted by Gasteiger charge is 2.34. The molecular weight excluding hydrogens is 326 g/mol. The van der Waals surface area contributed by atoms with Crippen molar-refractivity contribution in [3.63, 3.8) is 0 Å². The van der Waals surface area contributed by atoms with Crippen LogP contribution in [-0.4, -0.2) is 52.9 Å². The molecule has 0 aliphatic carbocycles. The summed E-state index contributed by atoms with van der Waals surface area (Å²) in [5.41, 5.74) is 2.33. The second kappa shape index (κ2) is 6.20. The number of benzene rings is 1. The standard InChI is InChI=1S/C17H23N3O3S/c1-4-19(14-7-8-24(22,23)10-14)17(21)13-5-6-16-15(9-13)18-11-20(16)12(2)3/h5-6,9,11-12,14H,4,7-8,10H2,1-3H3. The maximum atomic E-state index is 12.9. The van der Waals surface area contributed by atoms with Crippen LogP contribution >= 0.6 is 0 Å². The van der Waals surface area contributed by atoms with Gasteiger partial charge in [0.25, 0.3) is 5.91 Å². The maximum Gasteiger partial charge on any atom is 0.254 e. The van der Waals surface area contributed by atoms with Gasteiger partial charge in [-0.05, 0) is 45.4 Å². The van der Waals surface area contributed by atoms with Gasteiger partial charge in [0, 0.05) is 24.2 Å². The number of carbonyl (C=O) groups is 1. The van der Waals surface area contributed by atoms with Crippen molar-refractivity contribution in [1.29, 1.82) is 0 Å². The molecule has 1 aromatic heterocycles. The van der Waals surface area contributed by atoms with Crippen molar-refractivity contribution in [2.75, 3.05) is 18.1 Å². The first-order chi connectivity index (χ1) is 11.3. The lowest BCUT2D eigenvalue weighted by Gasteiger charge is -2.27. The van der Waals surface area contributed by atoms with Crippen molar-refractivity contribution in [3.8, 4) is 0 Å². The third-order valence-electron chi connectivity index (χ3n) is 4.63. The molecule has 1 saturated heterocycles. The largest absolute Gasteiger partial charge is 0.335 e. The summed E-state index contributed by atoms with van der Waals surface area (Å²) in [5.74, 6) is 0.108. The average molecular weight is 349 g/mol. The number of carbonyl (C=O) groups excluding carboxylic acids is 1. The van der Waals surface area contributed by atoms with Crippen molar-refractivity contribution >= 4 is 26.8 Å². The molecule has 7 heteroatoms. The molecule has 0 radical (unpaired) electrons. The Morgan fingerprint density at radius 3 is 2.75 bits per heavy atom. The SMILES string of the molecule is CCN(C(=O)c1ccc2c(c1)ncn2C(C)C)C1CCS(=O)(=O)C1. The molecule has 0 N–H and O–H groups in total. The average Bonchev–Trinajstić information content (AvgIpc) is 3.10. The van der Waals surface area contributed by atoms with Gasteiger partial charge in [-0.2, -0.15) is 0 Å². The Morgan fingerprint density at radius 2 is 2.17 bits per heavy atom. The Bertz CT molecular complexity index is 870. The molecule has 1 aliphatic rings. The summed E-state index contributed by atoms with van der Waals surface area (Å²) in [6.07, 6.45) is 2.30. The molecule has 1 amide bonds. The van der Waals surface area contributed by atoms with Gasteiger partial charge >= 0.3 is 0 Å². The van der Waals surface area contributed by atoms with Crippen LogP contribution in [0.25, 0.3) is 11.0 Å². The van der Waals surface area contributed by atoms with Crippen molar-refractivity contribution in [2.24, 2.45) is 0 Å². The summed E-state index contributed by atoms with van der Waals surface area (Å²) in [5, 5.41) is 0. The van der Waals surface area contributed by atoms with E-state index >= 15 is 0 Å². The van der Waals surface area contributed by atoms with Gasteiger partial charge in [-0.25, -0.2) is 13.4 Å². The summed E-state index contributed by atoms with van der Waals surface area (Å²) in [6.45, 7) is 6.55. The van der Waals surface area contributed by atoms with Crippen LogP contribution in [0, 0.1) is 0 Å². The van der Waals surface area contributed by atoms with Gasteiger partial charge in [-0.3, -0.25) is 4.79 Å². The smallest absolute Gasteiger partial charge is 0.254 e. The zero-order chi connectivity index (χ0) is 17.5. The number of hydrogen-bond donors (Lipinski definition) is 0. The number of fused-ring (bicyclic) bond motifs is 1. The number of amides is 1. The number of sulfone groups is 1. The first kappa shape index (κ1) is 17.0. The minimum absolute atomic E-state index is 0.0663. The normalized spacial score (nSPS) is 19.9. The van der Waals surface area contributed by atoms with Gasteiger partial charge < -0.3 is 9.47 Å². The van der Waals surface area contributed by atoms with E-state index in [1.54, 1.807) is 23.4 Å². The third-order valence-corrected chi connectivity index (χ3v) is 6.38. The molecule has 0 bridgehead atoms. The Morgan fingerprint density at radius 1 is 1.42 bits per heavy atom. The van der Waals surface area contributed by atoms with E-state index in [4.69, 9.17) is 0 Å². The van der Waals surface area contributed by atoms with Gasteiger partial charge in [-0.1, -0.05) is 0 Å². The fourth-order valence-corrected chi connectivity index (χ4v) is 5.06. The monoisotopic (exact) mass is 349 g/mol. The molecule has 1 unspecified atom stereocenters.